The highest BCUT2D eigenvalue weighted by Gasteiger charge is 1.94. The van der Waals surface area contributed by atoms with Crippen molar-refractivity contribution in [2.75, 3.05) is 12.3 Å². The van der Waals surface area contributed by atoms with E-state index in [0.717, 1.165) is 17.7 Å². The summed E-state index contributed by atoms with van der Waals surface area (Å²) in [5.74, 6) is 1.24. The third-order valence-corrected chi connectivity index (χ3v) is 1.55. The summed E-state index contributed by atoms with van der Waals surface area (Å²) in [4.78, 5) is 3.86. The molecule has 0 aromatic carbocycles. The van der Waals surface area contributed by atoms with Crippen LogP contribution in [0, 0.1) is 0 Å². The molecular weight excluding hydrogens is 164 g/mol. The Bertz CT molecular complexity index is 297. The van der Waals surface area contributed by atoms with Gasteiger partial charge in [0.1, 0.15) is 11.6 Å². The van der Waals surface area contributed by atoms with Crippen LogP contribution in [-0.2, 0) is 0 Å². The molecule has 0 radical (unpaired) electrons. The number of nitrogens with two attached hydrogens (primary N) is 1. The van der Waals surface area contributed by atoms with Crippen LogP contribution in [0.4, 0.5) is 5.82 Å². The first kappa shape index (κ1) is 9.58. The predicted octanol–water partition coefficient (Wildman–Crippen LogP) is 2.01. The van der Waals surface area contributed by atoms with Gasteiger partial charge in [-0.15, -0.1) is 6.58 Å². The third kappa shape index (κ3) is 3.60. The Morgan fingerprint density at radius 3 is 3.08 bits per heavy atom. The van der Waals surface area contributed by atoms with Crippen molar-refractivity contribution < 1.29 is 4.74 Å². The van der Waals surface area contributed by atoms with E-state index in [-0.39, 0.29) is 0 Å². The molecule has 0 unspecified atom stereocenters. The van der Waals surface area contributed by atoms with Gasteiger partial charge in [0.2, 0.25) is 0 Å². The maximum Gasteiger partial charge on any atom is 0.126 e. The van der Waals surface area contributed by atoms with Crippen LogP contribution in [0.15, 0.2) is 30.5 Å². The Labute approximate surface area is 78.2 Å². The number of pyridine rings is 1. The van der Waals surface area contributed by atoms with Crippen molar-refractivity contribution in [1.82, 2.24) is 4.98 Å². The third-order valence-electron chi connectivity index (χ3n) is 1.55. The van der Waals surface area contributed by atoms with Gasteiger partial charge >= 0.3 is 0 Å². The fraction of sp³-hybridized carbons (Fsp3) is 0.300. The summed E-state index contributed by atoms with van der Waals surface area (Å²) in [7, 11) is 0. The SMILES string of the molecule is C=C(C)CCOc1ccnc(N)c1. The summed E-state index contributed by atoms with van der Waals surface area (Å²) in [6.07, 6.45) is 2.49. The highest BCUT2D eigenvalue weighted by molar-refractivity contribution is 5.35. The number of nitrogens with zero attached hydrogens (tertiary/aromatic N) is 1. The van der Waals surface area contributed by atoms with Crippen molar-refractivity contribution in [2.45, 2.75) is 13.3 Å². The number of rotatable bonds is 4. The van der Waals surface area contributed by atoms with Gasteiger partial charge < -0.3 is 10.5 Å². The summed E-state index contributed by atoms with van der Waals surface area (Å²) < 4.78 is 5.42. The Morgan fingerprint density at radius 1 is 1.69 bits per heavy atom. The van der Waals surface area contributed by atoms with Crippen LogP contribution in [0.2, 0.25) is 0 Å². The van der Waals surface area contributed by atoms with Crippen molar-refractivity contribution in [3.63, 3.8) is 0 Å². The van der Waals surface area contributed by atoms with E-state index < -0.39 is 0 Å². The molecule has 0 atom stereocenters. The Hall–Kier alpha value is -1.51. The number of hydrogen-bond acceptors (Lipinski definition) is 3. The van der Waals surface area contributed by atoms with Crippen LogP contribution in [0.5, 0.6) is 5.75 Å². The first-order chi connectivity index (χ1) is 6.18. The van der Waals surface area contributed by atoms with Crippen LogP contribution in [0.3, 0.4) is 0 Å². The number of ether oxygens (including phenoxy) is 1. The molecule has 3 heteroatoms. The number of aromatic nitrogens is 1. The van der Waals surface area contributed by atoms with E-state index in [1.807, 2.05) is 6.92 Å². The van der Waals surface area contributed by atoms with Crippen molar-refractivity contribution in [3.05, 3.63) is 30.5 Å². The van der Waals surface area contributed by atoms with Crippen molar-refractivity contribution in [1.29, 1.82) is 0 Å². The molecule has 1 rings (SSSR count). The lowest BCUT2D eigenvalue weighted by Crippen LogP contribution is -1.98. The standard InChI is InChI=1S/C10H14N2O/c1-8(2)4-6-13-9-3-5-12-10(11)7-9/h3,5,7H,1,4,6H2,2H3,(H2,11,12). The van der Waals surface area contributed by atoms with E-state index in [4.69, 9.17) is 10.5 Å². The molecule has 0 aliphatic heterocycles. The molecule has 0 bridgehead atoms. The highest BCUT2D eigenvalue weighted by atomic mass is 16.5. The molecule has 3 nitrogen and oxygen atoms in total. The summed E-state index contributed by atoms with van der Waals surface area (Å²) in [5, 5.41) is 0. The van der Waals surface area contributed by atoms with E-state index in [2.05, 4.69) is 11.6 Å². The molecule has 13 heavy (non-hydrogen) atoms. The monoisotopic (exact) mass is 178 g/mol. The van der Waals surface area contributed by atoms with E-state index >= 15 is 0 Å². The molecule has 1 aromatic heterocycles. The van der Waals surface area contributed by atoms with Gasteiger partial charge in [0, 0.05) is 18.7 Å². The normalized spacial score (nSPS) is 9.62. The fourth-order valence-electron chi connectivity index (χ4n) is 0.861. The van der Waals surface area contributed by atoms with Gasteiger partial charge in [-0.3, -0.25) is 0 Å². The maximum atomic E-state index is 5.48. The first-order valence-electron chi connectivity index (χ1n) is 4.17. The van der Waals surface area contributed by atoms with Gasteiger partial charge in [-0.05, 0) is 13.0 Å². The first-order valence-corrected chi connectivity index (χ1v) is 4.17. The average Bonchev–Trinajstić information content (AvgIpc) is 2.03. The molecule has 0 fully saturated rings. The Balaban J connectivity index is 2.41. The quantitative estimate of drug-likeness (QED) is 0.717. The van der Waals surface area contributed by atoms with Gasteiger partial charge in [-0.25, -0.2) is 4.98 Å². The molecule has 0 aliphatic rings. The highest BCUT2D eigenvalue weighted by Crippen LogP contribution is 2.12. The second kappa shape index (κ2) is 4.50. The molecule has 1 heterocycles. The molecule has 0 spiro atoms. The van der Waals surface area contributed by atoms with Gasteiger partial charge in [0.25, 0.3) is 0 Å². The topological polar surface area (TPSA) is 48.1 Å². The minimum Gasteiger partial charge on any atom is -0.493 e. The maximum absolute atomic E-state index is 5.48. The number of hydrogen-bond donors (Lipinski definition) is 1. The van der Waals surface area contributed by atoms with Crippen LogP contribution >= 0.6 is 0 Å². The van der Waals surface area contributed by atoms with Crippen molar-refractivity contribution >= 4 is 5.82 Å². The Morgan fingerprint density at radius 2 is 2.46 bits per heavy atom. The van der Waals surface area contributed by atoms with E-state index in [1.54, 1.807) is 18.3 Å². The second-order valence-corrected chi connectivity index (χ2v) is 2.97. The minimum atomic E-state index is 0.479. The van der Waals surface area contributed by atoms with E-state index in [1.165, 1.54) is 0 Å². The minimum absolute atomic E-state index is 0.479. The lowest BCUT2D eigenvalue weighted by Gasteiger charge is -2.05. The Kier molecular flexibility index (Phi) is 3.31. The second-order valence-electron chi connectivity index (χ2n) is 2.97. The van der Waals surface area contributed by atoms with E-state index in [0.29, 0.717) is 12.4 Å². The number of nitrogen functional groups attached to an aromatic ring is 1. The summed E-state index contributed by atoms with van der Waals surface area (Å²) in [5.41, 5.74) is 6.59. The molecule has 0 saturated carbocycles. The van der Waals surface area contributed by atoms with Crippen LogP contribution in [-0.4, -0.2) is 11.6 Å². The summed E-state index contributed by atoms with van der Waals surface area (Å²) in [6.45, 7) is 6.40. The lowest BCUT2D eigenvalue weighted by atomic mass is 10.3. The predicted molar refractivity (Wildman–Crippen MR) is 53.6 cm³/mol. The zero-order valence-corrected chi connectivity index (χ0v) is 7.79. The molecule has 70 valence electrons. The average molecular weight is 178 g/mol. The van der Waals surface area contributed by atoms with Gasteiger partial charge in [0.15, 0.2) is 0 Å². The summed E-state index contributed by atoms with van der Waals surface area (Å²) in [6, 6.07) is 3.49. The zero-order valence-electron chi connectivity index (χ0n) is 7.79. The molecule has 0 saturated heterocycles. The van der Waals surface area contributed by atoms with Gasteiger partial charge in [-0.2, -0.15) is 0 Å². The lowest BCUT2D eigenvalue weighted by molar-refractivity contribution is 0.321. The molecular formula is C10H14N2O. The largest absolute Gasteiger partial charge is 0.493 e. The molecule has 0 aliphatic carbocycles. The van der Waals surface area contributed by atoms with Crippen molar-refractivity contribution in [3.8, 4) is 5.75 Å². The number of anilines is 1. The van der Waals surface area contributed by atoms with Gasteiger partial charge in [0.05, 0.1) is 6.61 Å². The molecule has 1 aromatic rings. The summed E-state index contributed by atoms with van der Waals surface area (Å²) >= 11 is 0. The van der Waals surface area contributed by atoms with E-state index in [9.17, 15) is 0 Å². The van der Waals surface area contributed by atoms with Crippen molar-refractivity contribution in [2.24, 2.45) is 0 Å². The zero-order chi connectivity index (χ0) is 9.68. The van der Waals surface area contributed by atoms with Crippen LogP contribution in [0.1, 0.15) is 13.3 Å². The van der Waals surface area contributed by atoms with Crippen LogP contribution in [0.25, 0.3) is 0 Å². The molecule has 2 N–H and O–H groups in total. The smallest absolute Gasteiger partial charge is 0.126 e. The van der Waals surface area contributed by atoms with Gasteiger partial charge in [-0.1, -0.05) is 5.57 Å². The van der Waals surface area contributed by atoms with Crippen LogP contribution < -0.4 is 10.5 Å². The molecule has 0 amide bonds. The fourth-order valence-corrected chi connectivity index (χ4v) is 0.861.